The number of carbonyl (C=O) groups excluding carboxylic acids is 2. The Morgan fingerprint density at radius 1 is 1.03 bits per heavy atom. The highest BCUT2D eigenvalue weighted by Crippen LogP contribution is 2.20. The van der Waals surface area contributed by atoms with Gasteiger partial charge >= 0.3 is 0 Å². The van der Waals surface area contributed by atoms with E-state index < -0.39 is 6.04 Å². The second-order valence-electron chi connectivity index (χ2n) is 8.65. The lowest BCUT2D eigenvalue weighted by Crippen LogP contribution is -2.50. The van der Waals surface area contributed by atoms with E-state index >= 15 is 0 Å². The van der Waals surface area contributed by atoms with Crippen LogP contribution in [0.2, 0.25) is 0 Å². The van der Waals surface area contributed by atoms with Crippen molar-refractivity contribution in [3.8, 4) is 0 Å². The molecule has 172 valence electrons. The van der Waals surface area contributed by atoms with Gasteiger partial charge in [0, 0.05) is 22.8 Å². The molecule has 0 saturated heterocycles. The van der Waals surface area contributed by atoms with Crippen molar-refractivity contribution in [2.45, 2.75) is 70.3 Å². The molecule has 0 aliphatic heterocycles. The maximum absolute atomic E-state index is 13.2. The maximum atomic E-state index is 13.2. The van der Waals surface area contributed by atoms with Crippen LogP contribution >= 0.6 is 27.7 Å². The van der Waals surface area contributed by atoms with E-state index in [0.29, 0.717) is 12.3 Å². The molecule has 0 aromatic heterocycles. The van der Waals surface area contributed by atoms with Crippen molar-refractivity contribution >= 4 is 39.5 Å². The molecular weight excluding hydrogens is 484 g/mol. The second-order valence-corrected chi connectivity index (χ2v) is 10.5. The molecule has 6 heteroatoms. The van der Waals surface area contributed by atoms with Crippen LogP contribution < -0.4 is 5.32 Å². The van der Waals surface area contributed by atoms with Gasteiger partial charge in [-0.25, -0.2) is 0 Å². The summed E-state index contributed by atoms with van der Waals surface area (Å²) >= 11 is 5.06. The Kier molecular flexibility index (Phi) is 9.67. The van der Waals surface area contributed by atoms with E-state index in [1.807, 2.05) is 31.2 Å². The summed E-state index contributed by atoms with van der Waals surface area (Å²) in [6.07, 6.45) is 5.64. The summed E-state index contributed by atoms with van der Waals surface area (Å²) in [4.78, 5) is 27.9. The predicted molar refractivity (Wildman–Crippen MR) is 137 cm³/mol. The largest absolute Gasteiger partial charge is 0.352 e. The Hall–Kier alpha value is -1.79. The lowest BCUT2D eigenvalue weighted by Gasteiger charge is -2.31. The predicted octanol–water partition coefficient (Wildman–Crippen LogP) is 5.86. The monoisotopic (exact) mass is 516 g/mol. The van der Waals surface area contributed by atoms with Crippen LogP contribution in [0.3, 0.4) is 0 Å². The summed E-state index contributed by atoms with van der Waals surface area (Å²) in [6, 6.07) is 16.1. The van der Waals surface area contributed by atoms with Crippen molar-refractivity contribution in [2.24, 2.45) is 0 Å². The minimum atomic E-state index is -0.506. The van der Waals surface area contributed by atoms with Gasteiger partial charge in [0.25, 0.3) is 0 Å². The summed E-state index contributed by atoms with van der Waals surface area (Å²) < 4.78 is 0.996. The number of aryl methyl sites for hydroxylation is 1. The third-order valence-electron chi connectivity index (χ3n) is 6.00. The molecule has 1 aliphatic carbocycles. The Morgan fingerprint density at radius 2 is 1.66 bits per heavy atom. The molecule has 0 heterocycles. The van der Waals surface area contributed by atoms with Crippen LogP contribution in [0, 0.1) is 6.92 Å². The van der Waals surface area contributed by atoms with E-state index in [0.717, 1.165) is 41.5 Å². The fourth-order valence-corrected chi connectivity index (χ4v) is 5.10. The summed E-state index contributed by atoms with van der Waals surface area (Å²) in [5, 5.41) is 3.19. The van der Waals surface area contributed by atoms with Gasteiger partial charge in [-0.1, -0.05) is 77.2 Å². The molecule has 4 nitrogen and oxygen atoms in total. The normalized spacial score (nSPS) is 15.2. The zero-order chi connectivity index (χ0) is 22.9. The lowest BCUT2D eigenvalue weighted by molar-refractivity contribution is -0.139. The number of benzene rings is 2. The van der Waals surface area contributed by atoms with Gasteiger partial charge in [-0.05, 0) is 49.9 Å². The van der Waals surface area contributed by atoms with E-state index in [1.165, 1.54) is 17.5 Å². The van der Waals surface area contributed by atoms with Gasteiger partial charge in [0.2, 0.25) is 11.8 Å². The van der Waals surface area contributed by atoms with Gasteiger partial charge in [-0.2, -0.15) is 0 Å². The number of hydrogen-bond acceptors (Lipinski definition) is 3. The first-order chi connectivity index (χ1) is 15.4. The summed E-state index contributed by atoms with van der Waals surface area (Å²) in [6.45, 7) is 4.34. The standard InChI is InChI=1S/C26H33BrN2O2S/c1-19-8-10-22(11-9-19)17-32-18-25(30)29(16-21-12-14-23(27)15-13-21)20(2)26(31)28-24-6-4-3-5-7-24/h8-15,20,24H,3-7,16-18H2,1-2H3,(H,28,31)/t20-/m0/s1. The van der Waals surface area contributed by atoms with Crippen LogP contribution in [-0.2, 0) is 21.9 Å². The molecule has 3 rings (SSSR count). The summed E-state index contributed by atoms with van der Waals surface area (Å²) in [7, 11) is 0. The molecular formula is C26H33BrN2O2S. The molecule has 32 heavy (non-hydrogen) atoms. The number of nitrogens with zero attached hydrogens (tertiary/aromatic N) is 1. The first-order valence-electron chi connectivity index (χ1n) is 11.4. The highest BCUT2D eigenvalue weighted by atomic mass is 79.9. The van der Waals surface area contributed by atoms with Crippen LogP contribution in [0.5, 0.6) is 0 Å². The molecule has 1 atom stereocenters. The third kappa shape index (κ3) is 7.66. The van der Waals surface area contributed by atoms with Gasteiger partial charge in [0.05, 0.1) is 5.75 Å². The lowest BCUT2D eigenvalue weighted by atomic mass is 9.95. The highest BCUT2D eigenvalue weighted by Gasteiger charge is 2.28. The average molecular weight is 518 g/mol. The Morgan fingerprint density at radius 3 is 2.31 bits per heavy atom. The molecule has 0 bridgehead atoms. The van der Waals surface area contributed by atoms with E-state index in [1.54, 1.807) is 16.7 Å². The zero-order valence-corrected chi connectivity index (χ0v) is 21.4. The Balaban J connectivity index is 1.64. The molecule has 1 fully saturated rings. The highest BCUT2D eigenvalue weighted by molar-refractivity contribution is 9.10. The third-order valence-corrected chi connectivity index (χ3v) is 7.52. The van der Waals surface area contributed by atoms with E-state index in [4.69, 9.17) is 0 Å². The molecule has 2 aromatic rings. The van der Waals surface area contributed by atoms with Gasteiger partial charge in [0.15, 0.2) is 0 Å². The first-order valence-corrected chi connectivity index (χ1v) is 13.3. The van der Waals surface area contributed by atoms with Crippen molar-refractivity contribution in [1.29, 1.82) is 0 Å². The number of amides is 2. The van der Waals surface area contributed by atoms with E-state index in [2.05, 4.69) is 52.4 Å². The van der Waals surface area contributed by atoms with Crippen LogP contribution in [0.4, 0.5) is 0 Å². The van der Waals surface area contributed by atoms with Gasteiger partial charge in [-0.15, -0.1) is 11.8 Å². The average Bonchev–Trinajstić information content (AvgIpc) is 2.80. The minimum absolute atomic E-state index is 0.00340. The smallest absolute Gasteiger partial charge is 0.242 e. The first kappa shape index (κ1) is 24.8. The fraction of sp³-hybridized carbons (Fsp3) is 0.462. The number of carbonyl (C=O) groups is 2. The van der Waals surface area contributed by atoms with Crippen LogP contribution in [0.25, 0.3) is 0 Å². The quantitative estimate of drug-likeness (QED) is 0.454. The fourth-order valence-electron chi connectivity index (χ4n) is 3.96. The van der Waals surface area contributed by atoms with Crippen LogP contribution in [0.1, 0.15) is 55.7 Å². The van der Waals surface area contributed by atoms with Gasteiger partial charge < -0.3 is 10.2 Å². The van der Waals surface area contributed by atoms with Crippen molar-refractivity contribution in [3.63, 3.8) is 0 Å². The van der Waals surface area contributed by atoms with Crippen molar-refractivity contribution in [3.05, 3.63) is 69.7 Å². The number of rotatable bonds is 9. The number of hydrogen-bond donors (Lipinski definition) is 1. The van der Waals surface area contributed by atoms with E-state index in [9.17, 15) is 9.59 Å². The molecule has 1 saturated carbocycles. The van der Waals surface area contributed by atoms with Gasteiger partial charge in [0.1, 0.15) is 6.04 Å². The molecule has 0 radical (unpaired) electrons. The van der Waals surface area contributed by atoms with Crippen LogP contribution in [-0.4, -0.2) is 34.6 Å². The number of nitrogens with one attached hydrogen (secondary N) is 1. The zero-order valence-electron chi connectivity index (χ0n) is 19.0. The SMILES string of the molecule is Cc1ccc(CSCC(=O)N(Cc2ccc(Br)cc2)[C@@H](C)C(=O)NC2CCCCC2)cc1. The maximum Gasteiger partial charge on any atom is 0.242 e. The minimum Gasteiger partial charge on any atom is -0.352 e. The van der Waals surface area contributed by atoms with Crippen LogP contribution in [0.15, 0.2) is 53.0 Å². The Bertz CT molecular complexity index is 880. The molecule has 0 unspecified atom stereocenters. The topological polar surface area (TPSA) is 49.4 Å². The molecule has 2 amide bonds. The molecule has 1 aliphatic rings. The van der Waals surface area contributed by atoms with Crippen molar-refractivity contribution in [2.75, 3.05) is 5.75 Å². The van der Waals surface area contributed by atoms with Gasteiger partial charge in [-0.3, -0.25) is 9.59 Å². The van der Waals surface area contributed by atoms with Crippen molar-refractivity contribution < 1.29 is 9.59 Å². The number of halogens is 1. The molecule has 2 aromatic carbocycles. The Labute approximate surface area is 204 Å². The summed E-state index contributed by atoms with van der Waals surface area (Å²) in [5.41, 5.74) is 3.45. The number of thioether (sulfide) groups is 1. The van der Waals surface area contributed by atoms with Crippen molar-refractivity contribution in [1.82, 2.24) is 10.2 Å². The van der Waals surface area contributed by atoms with E-state index in [-0.39, 0.29) is 17.9 Å². The molecule has 0 spiro atoms. The second kappa shape index (κ2) is 12.4. The molecule has 1 N–H and O–H groups in total. The summed E-state index contributed by atoms with van der Waals surface area (Å²) in [5.74, 6) is 1.08.